The van der Waals surface area contributed by atoms with Crippen LogP contribution in [-0.4, -0.2) is 19.0 Å². The summed E-state index contributed by atoms with van der Waals surface area (Å²) in [6.07, 6.45) is 0. The van der Waals surface area contributed by atoms with Gasteiger partial charge < -0.3 is 10.6 Å². The van der Waals surface area contributed by atoms with Crippen molar-refractivity contribution in [2.45, 2.75) is 6.92 Å². The van der Waals surface area contributed by atoms with Gasteiger partial charge in [0.15, 0.2) is 0 Å². The highest BCUT2D eigenvalue weighted by Crippen LogP contribution is 2.34. The zero-order chi connectivity index (χ0) is 12.1. The number of rotatable bonds is 4. The molecule has 2 N–H and O–H groups in total. The fraction of sp³-hybridized carbons (Fsp3) is 0.300. The van der Waals surface area contributed by atoms with E-state index in [9.17, 15) is 4.79 Å². The second-order valence-electron chi connectivity index (χ2n) is 3.05. The predicted molar refractivity (Wildman–Crippen MR) is 76.7 cm³/mol. The molecular formula is C10H11Br3N2O. The number of nitrogens with one attached hydrogen (secondary N) is 2. The Morgan fingerprint density at radius 3 is 2.31 bits per heavy atom. The summed E-state index contributed by atoms with van der Waals surface area (Å²) in [7, 11) is 0. The molecule has 0 bridgehead atoms. The van der Waals surface area contributed by atoms with Gasteiger partial charge in [-0.2, -0.15) is 0 Å². The van der Waals surface area contributed by atoms with Crippen LogP contribution in [0.25, 0.3) is 0 Å². The summed E-state index contributed by atoms with van der Waals surface area (Å²) in [5, 5.41) is 5.79. The number of likely N-dealkylation sites (N-methyl/N-ethyl adjacent to an activating group) is 1. The van der Waals surface area contributed by atoms with E-state index in [0.29, 0.717) is 6.54 Å². The summed E-state index contributed by atoms with van der Waals surface area (Å²) < 4.78 is 2.77. The molecule has 1 amide bonds. The molecule has 88 valence electrons. The molecule has 0 aromatic heterocycles. The third-order valence-electron chi connectivity index (χ3n) is 1.81. The number of carbonyl (C=O) groups excluding carboxylic acids is 1. The number of hydrogen-bond acceptors (Lipinski definition) is 2. The van der Waals surface area contributed by atoms with Crippen LogP contribution in [0.4, 0.5) is 5.69 Å². The van der Waals surface area contributed by atoms with Gasteiger partial charge >= 0.3 is 0 Å². The van der Waals surface area contributed by atoms with Gasteiger partial charge in [0.05, 0.1) is 12.2 Å². The van der Waals surface area contributed by atoms with Gasteiger partial charge in [0.25, 0.3) is 0 Å². The molecule has 16 heavy (non-hydrogen) atoms. The predicted octanol–water partition coefficient (Wildman–Crippen LogP) is 3.52. The number of carbonyl (C=O) groups is 1. The lowest BCUT2D eigenvalue weighted by molar-refractivity contribution is -0.119. The van der Waals surface area contributed by atoms with Gasteiger partial charge in [-0.3, -0.25) is 4.79 Å². The number of amides is 1. The van der Waals surface area contributed by atoms with Crippen LogP contribution in [0.3, 0.4) is 0 Å². The molecule has 1 aromatic rings. The SMILES string of the molecule is CCNC(=O)CNc1c(Br)cc(Br)cc1Br. The Kier molecular flexibility index (Phi) is 5.78. The molecule has 3 nitrogen and oxygen atoms in total. The summed E-state index contributed by atoms with van der Waals surface area (Å²) in [5.41, 5.74) is 0.870. The fourth-order valence-electron chi connectivity index (χ4n) is 1.14. The molecule has 0 fully saturated rings. The molecule has 0 saturated carbocycles. The third-order valence-corrected chi connectivity index (χ3v) is 3.52. The second kappa shape index (κ2) is 6.61. The van der Waals surface area contributed by atoms with Gasteiger partial charge in [-0.05, 0) is 50.9 Å². The zero-order valence-electron chi connectivity index (χ0n) is 8.61. The first-order chi connectivity index (χ1) is 7.54. The maximum Gasteiger partial charge on any atom is 0.239 e. The zero-order valence-corrected chi connectivity index (χ0v) is 13.4. The fourth-order valence-corrected chi connectivity index (χ4v) is 3.68. The molecule has 0 aliphatic carbocycles. The van der Waals surface area contributed by atoms with Crippen molar-refractivity contribution in [2.24, 2.45) is 0 Å². The summed E-state index contributed by atoms with van der Waals surface area (Å²) in [5.74, 6) is -0.0239. The van der Waals surface area contributed by atoms with E-state index in [1.54, 1.807) is 0 Å². The van der Waals surface area contributed by atoms with Crippen LogP contribution in [0.1, 0.15) is 6.92 Å². The van der Waals surface area contributed by atoms with Crippen LogP contribution >= 0.6 is 47.8 Å². The smallest absolute Gasteiger partial charge is 0.239 e. The molecule has 0 atom stereocenters. The standard InChI is InChI=1S/C10H11Br3N2O/c1-2-14-9(16)5-15-10-7(12)3-6(11)4-8(10)13/h3-4,15H,2,5H2,1H3,(H,14,16). The summed E-state index contributed by atoms with van der Waals surface area (Å²) in [4.78, 5) is 11.3. The van der Waals surface area contributed by atoms with E-state index >= 15 is 0 Å². The molecule has 0 spiro atoms. The number of hydrogen-bond donors (Lipinski definition) is 2. The van der Waals surface area contributed by atoms with Crippen LogP contribution in [0.2, 0.25) is 0 Å². The van der Waals surface area contributed by atoms with Crippen molar-refractivity contribution in [1.29, 1.82) is 0 Å². The highest BCUT2D eigenvalue weighted by molar-refractivity contribution is 9.11. The summed E-state index contributed by atoms with van der Waals surface area (Å²) >= 11 is 10.3. The van der Waals surface area contributed by atoms with Gasteiger partial charge in [0.2, 0.25) is 5.91 Å². The van der Waals surface area contributed by atoms with Crippen LogP contribution in [0.5, 0.6) is 0 Å². The van der Waals surface area contributed by atoms with Crippen molar-refractivity contribution >= 4 is 59.4 Å². The van der Waals surface area contributed by atoms with Gasteiger partial charge in [0.1, 0.15) is 0 Å². The average molecular weight is 415 g/mol. The first kappa shape index (κ1) is 14.0. The Hall–Kier alpha value is -0.0700. The lowest BCUT2D eigenvalue weighted by Gasteiger charge is -2.11. The second-order valence-corrected chi connectivity index (χ2v) is 5.68. The average Bonchev–Trinajstić information content (AvgIpc) is 2.16. The molecule has 1 rings (SSSR count). The van der Waals surface area contributed by atoms with Crippen LogP contribution in [0, 0.1) is 0 Å². The number of anilines is 1. The van der Waals surface area contributed by atoms with Gasteiger partial charge in [-0.1, -0.05) is 15.9 Å². The van der Waals surface area contributed by atoms with Crippen LogP contribution < -0.4 is 10.6 Å². The van der Waals surface area contributed by atoms with E-state index in [1.165, 1.54) is 0 Å². The molecule has 0 aliphatic heterocycles. The van der Waals surface area contributed by atoms with Crippen LogP contribution in [0.15, 0.2) is 25.6 Å². The lowest BCUT2D eigenvalue weighted by atomic mass is 10.3. The Morgan fingerprint density at radius 2 is 1.81 bits per heavy atom. The summed E-state index contributed by atoms with van der Waals surface area (Å²) in [6, 6.07) is 3.84. The van der Waals surface area contributed by atoms with Crippen molar-refractivity contribution in [3.8, 4) is 0 Å². The highest BCUT2D eigenvalue weighted by atomic mass is 79.9. The maximum atomic E-state index is 11.3. The topological polar surface area (TPSA) is 41.1 Å². The van der Waals surface area contributed by atoms with Crippen molar-refractivity contribution in [1.82, 2.24) is 5.32 Å². The minimum Gasteiger partial charge on any atom is -0.374 e. The van der Waals surface area contributed by atoms with Crippen molar-refractivity contribution in [2.75, 3.05) is 18.4 Å². The van der Waals surface area contributed by atoms with Gasteiger partial charge in [-0.15, -0.1) is 0 Å². The largest absolute Gasteiger partial charge is 0.374 e. The Balaban J connectivity index is 2.70. The molecule has 6 heteroatoms. The minimum absolute atomic E-state index is 0.0239. The molecule has 0 aliphatic rings. The monoisotopic (exact) mass is 412 g/mol. The third kappa shape index (κ3) is 4.07. The Labute approximate surface area is 120 Å². The van der Waals surface area contributed by atoms with Crippen molar-refractivity contribution in [3.05, 3.63) is 25.6 Å². The highest BCUT2D eigenvalue weighted by Gasteiger charge is 2.07. The quantitative estimate of drug-likeness (QED) is 0.791. The van der Waals surface area contributed by atoms with Gasteiger partial charge in [0, 0.05) is 20.0 Å². The first-order valence-electron chi connectivity index (χ1n) is 4.69. The minimum atomic E-state index is -0.0239. The van der Waals surface area contributed by atoms with E-state index < -0.39 is 0 Å². The molecule has 1 aromatic carbocycles. The molecule has 0 radical (unpaired) electrons. The van der Waals surface area contributed by atoms with E-state index in [2.05, 4.69) is 58.4 Å². The van der Waals surface area contributed by atoms with Crippen molar-refractivity contribution < 1.29 is 4.79 Å². The molecule has 0 heterocycles. The van der Waals surface area contributed by atoms with Gasteiger partial charge in [-0.25, -0.2) is 0 Å². The first-order valence-corrected chi connectivity index (χ1v) is 7.07. The van der Waals surface area contributed by atoms with E-state index in [-0.39, 0.29) is 12.5 Å². The molecular weight excluding hydrogens is 404 g/mol. The molecule has 0 saturated heterocycles. The normalized spacial score (nSPS) is 10.0. The van der Waals surface area contributed by atoms with Crippen molar-refractivity contribution in [3.63, 3.8) is 0 Å². The maximum absolute atomic E-state index is 11.3. The summed E-state index contributed by atoms with van der Waals surface area (Å²) in [6.45, 7) is 2.79. The molecule has 0 unspecified atom stereocenters. The van der Waals surface area contributed by atoms with E-state index in [4.69, 9.17) is 0 Å². The Morgan fingerprint density at radius 1 is 1.25 bits per heavy atom. The van der Waals surface area contributed by atoms with E-state index in [0.717, 1.165) is 19.1 Å². The Bertz CT molecular complexity index is 373. The number of benzene rings is 1. The number of halogens is 3. The van der Waals surface area contributed by atoms with Crippen LogP contribution in [-0.2, 0) is 4.79 Å². The van der Waals surface area contributed by atoms with E-state index in [1.807, 2.05) is 19.1 Å². The lowest BCUT2D eigenvalue weighted by Crippen LogP contribution is -2.29.